The molecule has 0 aliphatic heterocycles. The largest absolute Gasteiger partial charge is 0.329 e. The predicted molar refractivity (Wildman–Crippen MR) is 48.5 cm³/mol. The Balaban J connectivity index is 2.49. The van der Waals surface area contributed by atoms with Crippen LogP contribution in [0.3, 0.4) is 0 Å². The zero-order valence-corrected chi connectivity index (χ0v) is 7.53. The van der Waals surface area contributed by atoms with Crippen molar-refractivity contribution in [1.82, 2.24) is 5.32 Å². The van der Waals surface area contributed by atoms with Gasteiger partial charge in [0, 0.05) is 12.1 Å². The molecule has 0 spiro atoms. The van der Waals surface area contributed by atoms with Gasteiger partial charge in [-0.05, 0) is 19.9 Å². The number of nitrogens with two attached hydrogens (primary N) is 1. The van der Waals surface area contributed by atoms with Gasteiger partial charge in [0.15, 0.2) is 0 Å². The minimum atomic E-state index is 0.274. The maximum Gasteiger partial charge on any atom is 0.0301 e. The summed E-state index contributed by atoms with van der Waals surface area (Å²) < 4.78 is 0. The van der Waals surface area contributed by atoms with E-state index in [4.69, 9.17) is 5.73 Å². The molecule has 3 N–H and O–H groups in total. The summed E-state index contributed by atoms with van der Waals surface area (Å²) in [5.74, 6) is 0. The Morgan fingerprint density at radius 3 is 2.09 bits per heavy atom. The van der Waals surface area contributed by atoms with Crippen molar-refractivity contribution in [2.75, 3.05) is 13.6 Å². The fourth-order valence-electron chi connectivity index (χ4n) is 1.96. The van der Waals surface area contributed by atoms with Gasteiger partial charge in [-0.2, -0.15) is 0 Å². The summed E-state index contributed by atoms with van der Waals surface area (Å²) in [4.78, 5) is 0. The van der Waals surface area contributed by atoms with Crippen molar-refractivity contribution in [2.24, 2.45) is 5.73 Å². The molecule has 2 heteroatoms. The van der Waals surface area contributed by atoms with Crippen LogP contribution in [-0.4, -0.2) is 19.1 Å². The molecule has 1 aliphatic rings. The van der Waals surface area contributed by atoms with Gasteiger partial charge in [0.05, 0.1) is 0 Å². The maximum absolute atomic E-state index is 5.76. The van der Waals surface area contributed by atoms with Gasteiger partial charge in [0.2, 0.25) is 0 Å². The molecule has 2 nitrogen and oxygen atoms in total. The molecule has 0 amide bonds. The first-order chi connectivity index (χ1) is 5.33. The number of rotatable bonds is 2. The number of nitrogens with one attached hydrogen (secondary N) is 1. The average molecular weight is 156 g/mol. The minimum absolute atomic E-state index is 0.274. The molecule has 11 heavy (non-hydrogen) atoms. The van der Waals surface area contributed by atoms with Crippen LogP contribution in [0.15, 0.2) is 0 Å². The Hall–Kier alpha value is -0.0800. The van der Waals surface area contributed by atoms with Crippen LogP contribution in [0.25, 0.3) is 0 Å². The van der Waals surface area contributed by atoms with Gasteiger partial charge in [0.1, 0.15) is 0 Å². The molecule has 0 aromatic carbocycles. The normalized spacial score (nSPS) is 24.5. The molecule has 0 atom stereocenters. The highest BCUT2D eigenvalue weighted by molar-refractivity contribution is 4.89. The summed E-state index contributed by atoms with van der Waals surface area (Å²) in [6.07, 6.45) is 8.00. The van der Waals surface area contributed by atoms with E-state index in [2.05, 4.69) is 5.32 Å². The Bertz CT molecular complexity index is 98.1. The van der Waals surface area contributed by atoms with Crippen LogP contribution in [0, 0.1) is 0 Å². The van der Waals surface area contributed by atoms with Gasteiger partial charge in [-0.15, -0.1) is 0 Å². The van der Waals surface area contributed by atoms with E-state index < -0.39 is 0 Å². The molecule has 0 aromatic rings. The summed E-state index contributed by atoms with van der Waals surface area (Å²) in [6, 6.07) is 0. The highest BCUT2D eigenvalue weighted by atomic mass is 15.0. The van der Waals surface area contributed by atoms with Gasteiger partial charge < -0.3 is 11.1 Å². The Morgan fingerprint density at radius 1 is 1.18 bits per heavy atom. The van der Waals surface area contributed by atoms with E-state index in [-0.39, 0.29) is 5.54 Å². The number of hydrogen-bond acceptors (Lipinski definition) is 2. The highest BCUT2D eigenvalue weighted by Gasteiger charge is 2.26. The molecular formula is C9H20N2. The molecule has 66 valence electrons. The fourth-order valence-corrected chi connectivity index (χ4v) is 1.96. The van der Waals surface area contributed by atoms with Gasteiger partial charge >= 0.3 is 0 Å². The molecule has 1 fully saturated rings. The van der Waals surface area contributed by atoms with Crippen molar-refractivity contribution in [3.63, 3.8) is 0 Å². The van der Waals surface area contributed by atoms with E-state index in [9.17, 15) is 0 Å². The van der Waals surface area contributed by atoms with E-state index in [1.54, 1.807) is 0 Å². The van der Waals surface area contributed by atoms with Crippen LogP contribution in [0.5, 0.6) is 0 Å². The van der Waals surface area contributed by atoms with Crippen molar-refractivity contribution in [3.05, 3.63) is 0 Å². The second-order valence-corrected chi connectivity index (χ2v) is 3.65. The second kappa shape index (κ2) is 4.07. The van der Waals surface area contributed by atoms with Crippen LogP contribution in [-0.2, 0) is 0 Å². The van der Waals surface area contributed by atoms with Gasteiger partial charge in [-0.25, -0.2) is 0 Å². The lowest BCUT2D eigenvalue weighted by Gasteiger charge is -2.30. The first-order valence-electron chi connectivity index (χ1n) is 4.72. The average Bonchev–Trinajstić information content (AvgIpc) is 2.30. The standard InChI is InChI=1S/C9H20N2/c1-11-9(8-10)6-4-2-3-5-7-9/h11H,2-8,10H2,1H3. The van der Waals surface area contributed by atoms with Crippen molar-refractivity contribution in [3.8, 4) is 0 Å². The van der Waals surface area contributed by atoms with E-state index in [1.807, 2.05) is 7.05 Å². The van der Waals surface area contributed by atoms with E-state index in [1.165, 1.54) is 38.5 Å². The quantitative estimate of drug-likeness (QED) is 0.591. The molecule has 0 bridgehead atoms. The molecule has 0 unspecified atom stereocenters. The first kappa shape index (κ1) is 9.01. The topological polar surface area (TPSA) is 38.0 Å². The Kier molecular flexibility index (Phi) is 3.34. The lowest BCUT2D eigenvalue weighted by molar-refractivity contribution is 0.315. The SMILES string of the molecule is CNC1(CN)CCCCCC1. The van der Waals surface area contributed by atoms with Crippen LogP contribution in [0.1, 0.15) is 38.5 Å². The van der Waals surface area contributed by atoms with Crippen molar-refractivity contribution >= 4 is 0 Å². The van der Waals surface area contributed by atoms with Crippen LogP contribution in [0.4, 0.5) is 0 Å². The minimum Gasteiger partial charge on any atom is -0.329 e. The second-order valence-electron chi connectivity index (χ2n) is 3.65. The highest BCUT2D eigenvalue weighted by Crippen LogP contribution is 2.25. The summed E-state index contributed by atoms with van der Waals surface area (Å²) >= 11 is 0. The molecule has 0 saturated heterocycles. The van der Waals surface area contributed by atoms with Crippen LogP contribution >= 0.6 is 0 Å². The van der Waals surface area contributed by atoms with Crippen molar-refractivity contribution in [2.45, 2.75) is 44.1 Å². The summed E-state index contributed by atoms with van der Waals surface area (Å²) in [5.41, 5.74) is 6.03. The summed E-state index contributed by atoms with van der Waals surface area (Å²) in [5, 5.41) is 3.38. The lowest BCUT2D eigenvalue weighted by Crippen LogP contribution is -2.48. The monoisotopic (exact) mass is 156 g/mol. The Labute approximate surface area is 69.5 Å². The molecule has 0 heterocycles. The van der Waals surface area contributed by atoms with E-state index in [0.717, 1.165) is 6.54 Å². The van der Waals surface area contributed by atoms with E-state index in [0.29, 0.717) is 0 Å². The summed E-state index contributed by atoms with van der Waals surface area (Å²) in [7, 11) is 2.04. The third-order valence-electron chi connectivity index (χ3n) is 2.98. The zero-order valence-electron chi connectivity index (χ0n) is 7.53. The van der Waals surface area contributed by atoms with Gasteiger partial charge in [-0.1, -0.05) is 25.7 Å². The fraction of sp³-hybridized carbons (Fsp3) is 1.00. The zero-order chi connectivity index (χ0) is 8.16. The molecule has 0 aromatic heterocycles. The molecular weight excluding hydrogens is 136 g/mol. The van der Waals surface area contributed by atoms with Crippen molar-refractivity contribution in [1.29, 1.82) is 0 Å². The number of likely N-dealkylation sites (N-methyl/N-ethyl adjacent to an activating group) is 1. The number of hydrogen-bond donors (Lipinski definition) is 2. The predicted octanol–water partition coefficient (Wildman–Crippen LogP) is 1.26. The molecule has 1 saturated carbocycles. The van der Waals surface area contributed by atoms with Crippen molar-refractivity contribution < 1.29 is 0 Å². The molecule has 1 rings (SSSR count). The first-order valence-corrected chi connectivity index (χ1v) is 4.72. The Morgan fingerprint density at radius 2 is 1.73 bits per heavy atom. The van der Waals surface area contributed by atoms with Crippen LogP contribution < -0.4 is 11.1 Å². The van der Waals surface area contributed by atoms with Gasteiger partial charge in [-0.3, -0.25) is 0 Å². The lowest BCUT2D eigenvalue weighted by atomic mass is 9.91. The third kappa shape index (κ3) is 2.17. The van der Waals surface area contributed by atoms with Crippen LogP contribution in [0.2, 0.25) is 0 Å². The van der Waals surface area contributed by atoms with Gasteiger partial charge in [0.25, 0.3) is 0 Å². The third-order valence-corrected chi connectivity index (χ3v) is 2.98. The molecule has 0 radical (unpaired) electrons. The smallest absolute Gasteiger partial charge is 0.0301 e. The maximum atomic E-state index is 5.76. The summed E-state index contributed by atoms with van der Waals surface area (Å²) in [6.45, 7) is 0.795. The molecule has 1 aliphatic carbocycles. The van der Waals surface area contributed by atoms with E-state index >= 15 is 0 Å².